The van der Waals surface area contributed by atoms with Crippen LogP contribution in [-0.4, -0.2) is 7.11 Å². The van der Waals surface area contributed by atoms with E-state index < -0.39 is 0 Å². The minimum atomic E-state index is -0.304. The fourth-order valence-corrected chi connectivity index (χ4v) is 2.60. The quantitative estimate of drug-likeness (QED) is 0.605. The first-order valence-corrected chi connectivity index (χ1v) is 5.66. The molecule has 0 radical (unpaired) electrons. The van der Waals surface area contributed by atoms with Gasteiger partial charge in [-0.3, -0.25) is 0 Å². The summed E-state index contributed by atoms with van der Waals surface area (Å²) in [7, 11) is 1.56. The molecule has 0 saturated carbocycles. The summed E-state index contributed by atoms with van der Waals surface area (Å²) in [5.74, 6) is 0.586. The summed E-state index contributed by atoms with van der Waals surface area (Å²) in [4.78, 5) is 11.7. The number of fused-ring (bicyclic) bond motifs is 3. The van der Waals surface area contributed by atoms with E-state index in [-0.39, 0.29) is 5.63 Å². The Morgan fingerprint density at radius 2 is 2.12 bits per heavy atom. The number of para-hydroxylation sites is 1. The van der Waals surface area contributed by atoms with Crippen LogP contribution in [0.5, 0.6) is 5.75 Å². The van der Waals surface area contributed by atoms with Gasteiger partial charge in [-0.1, -0.05) is 12.1 Å². The molecular weight excluding hydrogens is 224 g/mol. The van der Waals surface area contributed by atoms with Gasteiger partial charge in [0.15, 0.2) is 11.3 Å². The van der Waals surface area contributed by atoms with Crippen LogP contribution in [0.2, 0.25) is 0 Å². The van der Waals surface area contributed by atoms with E-state index in [1.54, 1.807) is 13.2 Å². The maximum absolute atomic E-state index is 11.7. The lowest BCUT2D eigenvalue weighted by Gasteiger charge is -2.03. The van der Waals surface area contributed by atoms with Gasteiger partial charge in [0.1, 0.15) is 4.70 Å². The van der Waals surface area contributed by atoms with Crippen LogP contribution in [0.15, 0.2) is 38.9 Å². The number of hydrogen-bond donors (Lipinski definition) is 0. The van der Waals surface area contributed by atoms with E-state index >= 15 is 0 Å². The van der Waals surface area contributed by atoms with Crippen LogP contribution in [-0.2, 0) is 0 Å². The molecule has 16 heavy (non-hydrogen) atoms. The van der Waals surface area contributed by atoms with Crippen molar-refractivity contribution in [2.75, 3.05) is 7.11 Å². The van der Waals surface area contributed by atoms with Crippen molar-refractivity contribution < 1.29 is 9.15 Å². The summed E-state index contributed by atoms with van der Waals surface area (Å²) < 4.78 is 11.1. The molecule has 3 rings (SSSR count). The predicted octanol–water partition coefficient (Wildman–Crippen LogP) is 3.02. The van der Waals surface area contributed by atoms with Gasteiger partial charge in [-0.15, -0.1) is 11.3 Å². The van der Waals surface area contributed by atoms with Crippen LogP contribution < -0.4 is 10.4 Å². The SMILES string of the molecule is COc1cccc2c1oc(=O)c1sccc12. The van der Waals surface area contributed by atoms with Gasteiger partial charge in [-0.05, 0) is 17.5 Å². The van der Waals surface area contributed by atoms with Gasteiger partial charge in [0.05, 0.1) is 7.11 Å². The maximum Gasteiger partial charge on any atom is 0.354 e. The maximum atomic E-state index is 11.7. The second-order valence-corrected chi connectivity index (χ2v) is 4.31. The molecule has 0 unspecified atom stereocenters. The third kappa shape index (κ3) is 1.17. The van der Waals surface area contributed by atoms with Crippen molar-refractivity contribution in [3.63, 3.8) is 0 Å². The molecule has 2 aromatic heterocycles. The highest BCUT2D eigenvalue weighted by Gasteiger charge is 2.11. The zero-order valence-corrected chi connectivity index (χ0v) is 9.34. The number of methoxy groups -OCH3 is 1. The van der Waals surface area contributed by atoms with E-state index in [0.717, 1.165) is 10.8 Å². The van der Waals surface area contributed by atoms with Crippen LogP contribution in [0.25, 0.3) is 21.1 Å². The van der Waals surface area contributed by atoms with Crippen LogP contribution in [0.4, 0.5) is 0 Å². The minimum Gasteiger partial charge on any atom is -0.493 e. The van der Waals surface area contributed by atoms with E-state index in [1.165, 1.54) is 11.3 Å². The van der Waals surface area contributed by atoms with Crippen molar-refractivity contribution in [1.82, 2.24) is 0 Å². The third-order valence-corrected chi connectivity index (χ3v) is 3.43. The molecule has 0 saturated heterocycles. The van der Waals surface area contributed by atoms with Crippen LogP contribution >= 0.6 is 11.3 Å². The highest BCUT2D eigenvalue weighted by Crippen LogP contribution is 2.31. The van der Waals surface area contributed by atoms with Gasteiger partial charge in [0, 0.05) is 10.8 Å². The highest BCUT2D eigenvalue weighted by molar-refractivity contribution is 7.17. The number of hydrogen-bond acceptors (Lipinski definition) is 4. The fraction of sp³-hybridized carbons (Fsp3) is 0.0833. The van der Waals surface area contributed by atoms with E-state index in [1.807, 2.05) is 23.6 Å². The Bertz CT molecular complexity index is 724. The van der Waals surface area contributed by atoms with Crippen molar-refractivity contribution in [2.24, 2.45) is 0 Å². The monoisotopic (exact) mass is 232 g/mol. The number of ether oxygens (including phenoxy) is 1. The Balaban J connectivity index is 2.63. The second-order valence-electron chi connectivity index (χ2n) is 3.39. The first-order valence-electron chi connectivity index (χ1n) is 4.78. The molecule has 1 aromatic carbocycles. The smallest absolute Gasteiger partial charge is 0.354 e. The zero-order valence-electron chi connectivity index (χ0n) is 8.52. The Morgan fingerprint density at radius 3 is 2.94 bits per heavy atom. The van der Waals surface area contributed by atoms with Crippen LogP contribution in [0.3, 0.4) is 0 Å². The lowest BCUT2D eigenvalue weighted by Crippen LogP contribution is -1.97. The predicted molar refractivity (Wildman–Crippen MR) is 64.4 cm³/mol. The summed E-state index contributed by atoms with van der Waals surface area (Å²) in [6, 6.07) is 7.52. The van der Waals surface area contributed by atoms with Gasteiger partial charge in [0.25, 0.3) is 0 Å². The van der Waals surface area contributed by atoms with Crippen molar-refractivity contribution >= 4 is 32.4 Å². The summed E-state index contributed by atoms with van der Waals surface area (Å²) in [5, 5.41) is 3.73. The summed E-state index contributed by atoms with van der Waals surface area (Å²) in [6.07, 6.45) is 0. The number of benzene rings is 1. The average Bonchev–Trinajstić information content (AvgIpc) is 2.78. The van der Waals surface area contributed by atoms with Crippen molar-refractivity contribution in [3.05, 3.63) is 40.1 Å². The molecule has 0 aliphatic heterocycles. The number of thiophene rings is 1. The molecule has 4 heteroatoms. The Hall–Kier alpha value is -1.81. The zero-order chi connectivity index (χ0) is 11.1. The van der Waals surface area contributed by atoms with Crippen molar-refractivity contribution in [2.45, 2.75) is 0 Å². The fourth-order valence-electron chi connectivity index (χ4n) is 1.81. The normalized spacial score (nSPS) is 11.1. The summed E-state index contributed by atoms with van der Waals surface area (Å²) >= 11 is 1.40. The topological polar surface area (TPSA) is 39.4 Å². The van der Waals surface area contributed by atoms with E-state index in [0.29, 0.717) is 16.0 Å². The molecule has 2 heterocycles. The molecule has 0 fully saturated rings. The van der Waals surface area contributed by atoms with Crippen molar-refractivity contribution in [3.8, 4) is 5.75 Å². The van der Waals surface area contributed by atoms with E-state index in [4.69, 9.17) is 9.15 Å². The van der Waals surface area contributed by atoms with Gasteiger partial charge >= 0.3 is 5.63 Å². The molecule has 0 bridgehead atoms. The highest BCUT2D eigenvalue weighted by atomic mass is 32.1. The van der Waals surface area contributed by atoms with E-state index in [9.17, 15) is 4.79 Å². The van der Waals surface area contributed by atoms with Gasteiger partial charge in [0.2, 0.25) is 0 Å². The molecule has 3 aromatic rings. The first-order chi connectivity index (χ1) is 7.81. The van der Waals surface area contributed by atoms with Gasteiger partial charge in [-0.2, -0.15) is 0 Å². The standard InChI is InChI=1S/C12H8O3S/c1-14-9-4-2-3-7-8-5-6-16-11(8)12(13)15-10(7)9/h2-6H,1H3. The Labute approximate surface area is 94.9 Å². The Kier molecular flexibility index (Phi) is 1.97. The number of rotatable bonds is 1. The molecule has 0 amide bonds. The molecule has 80 valence electrons. The third-order valence-electron chi connectivity index (χ3n) is 2.53. The molecule has 0 N–H and O–H groups in total. The minimum absolute atomic E-state index is 0.304. The lowest BCUT2D eigenvalue weighted by molar-refractivity contribution is 0.407. The Morgan fingerprint density at radius 1 is 1.25 bits per heavy atom. The van der Waals surface area contributed by atoms with Gasteiger partial charge < -0.3 is 9.15 Å². The average molecular weight is 232 g/mol. The van der Waals surface area contributed by atoms with Crippen LogP contribution in [0.1, 0.15) is 0 Å². The molecule has 0 aliphatic carbocycles. The van der Waals surface area contributed by atoms with Crippen LogP contribution in [0, 0.1) is 0 Å². The molecular formula is C12H8O3S. The summed E-state index contributed by atoms with van der Waals surface area (Å²) in [6.45, 7) is 0. The summed E-state index contributed by atoms with van der Waals surface area (Å²) in [5.41, 5.74) is 0.211. The van der Waals surface area contributed by atoms with Crippen molar-refractivity contribution in [1.29, 1.82) is 0 Å². The molecule has 3 nitrogen and oxygen atoms in total. The molecule has 0 spiro atoms. The molecule has 0 atom stereocenters. The largest absolute Gasteiger partial charge is 0.493 e. The first kappa shape index (κ1) is 9.42. The van der Waals surface area contributed by atoms with E-state index in [2.05, 4.69) is 0 Å². The molecule has 0 aliphatic rings. The van der Waals surface area contributed by atoms with Gasteiger partial charge in [-0.25, -0.2) is 4.79 Å². The lowest BCUT2D eigenvalue weighted by atomic mass is 10.1. The second kappa shape index (κ2) is 3.35.